The molecular formula is C24H27FN2O5. The summed E-state index contributed by atoms with van der Waals surface area (Å²) >= 11 is 0. The molecule has 0 saturated carbocycles. The van der Waals surface area contributed by atoms with Crippen LogP contribution in [-0.2, 0) is 9.59 Å². The number of ether oxygens (including phenoxy) is 2. The molecule has 7 nitrogen and oxygen atoms in total. The average Bonchev–Trinajstić information content (AvgIpc) is 3.03. The largest absolute Gasteiger partial charge is 0.507 e. The predicted octanol–water partition coefficient (Wildman–Crippen LogP) is 3.22. The third-order valence-corrected chi connectivity index (χ3v) is 5.37. The van der Waals surface area contributed by atoms with Crippen molar-refractivity contribution in [3.05, 3.63) is 65.0 Å². The normalized spacial score (nSPS) is 17.8. The monoisotopic (exact) mass is 442 g/mol. The fourth-order valence-electron chi connectivity index (χ4n) is 3.84. The zero-order chi connectivity index (χ0) is 23.4. The van der Waals surface area contributed by atoms with E-state index in [9.17, 15) is 19.1 Å². The van der Waals surface area contributed by atoms with Gasteiger partial charge in [-0.3, -0.25) is 9.59 Å². The number of amides is 1. The number of Topliss-reactive ketones (excluding diaryl/α,β-unsaturated/α-hetero) is 1. The molecule has 170 valence electrons. The van der Waals surface area contributed by atoms with Gasteiger partial charge in [0.15, 0.2) is 0 Å². The fourth-order valence-corrected chi connectivity index (χ4v) is 3.84. The molecule has 1 heterocycles. The summed E-state index contributed by atoms with van der Waals surface area (Å²) in [6, 6.07) is 9.75. The number of hydrogen-bond donors (Lipinski definition) is 1. The summed E-state index contributed by atoms with van der Waals surface area (Å²) in [5.41, 5.74) is 0.494. The molecule has 3 rings (SSSR count). The van der Waals surface area contributed by atoms with E-state index < -0.39 is 29.3 Å². The molecular weight excluding hydrogens is 415 g/mol. The summed E-state index contributed by atoms with van der Waals surface area (Å²) < 4.78 is 24.5. The Morgan fingerprint density at radius 1 is 1.12 bits per heavy atom. The highest BCUT2D eigenvalue weighted by atomic mass is 19.1. The predicted molar refractivity (Wildman–Crippen MR) is 118 cm³/mol. The lowest BCUT2D eigenvalue weighted by Crippen LogP contribution is -2.32. The number of nitrogens with zero attached hydrogens (tertiary/aromatic N) is 2. The van der Waals surface area contributed by atoms with E-state index >= 15 is 0 Å². The maximum Gasteiger partial charge on any atom is 0.295 e. The van der Waals surface area contributed by atoms with E-state index in [1.54, 1.807) is 24.3 Å². The number of methoxy groups -OCH3 is 2. The Morgan fingerprint density at radius 3 is 2.53 bits per heavy atom. The molecule has 1 N–H and O–H groups in total. The van der Waals surface area contributed by atoms with Crippen molar-refractivity contribution in [2.24, 2.45) is 0 Å². The van der Waals surface area contributed by atoms with Crippen LogP contribution in [0.25, 0.3) is 5.76 Å². The highest BCUT2D eigenvalue weighted by molar-refractivity contribution is 6.46. The van der Waals surface area contributed by atoms with Gasteiger partial charge in [0.25, 0.3) is 11.7 Å². The summed E-state index contributed by atoms with van der Waals surface area (Å²) in [5.74, 6) is -1.90. The minimum Gasteiger partial charge on any atom is -0.507 e. The Hall–Kier alpha value is -3.39. The van der Waals surface area contributed by atoms with Gasteiger partial charge in [-0.25, -0.2) is 4.39 Å². The van der Waals surface area contributed by atoms with Gasteiger partial charge in [-0.2, -0.15) is 0 Å². The molecule has 1 atom stereocenters. The maximum absolute atomic E-state index is 14.0. The van der Waals surface area contributed by atoms with Crippen LogP contribution in [0.1, 0.15) is 23.6 Å². The molecule has 0 spiro atoms. The van der Waals surface area contributed by atoms with Crippen LogP contribution in [0.15, 0.2) is 48.0 Å². The molecule has 1 amide bonds. The van der Waals surface area contributed by atoms with Crippen LogP contribution in [0, 0.1) is 5.82 Å². The summed E-state index contributed by atoms with van der Waals surface area (Å²) in [5, 5.41) is 11.1. The van der Waals surface area contributed by atoms with Gasteiger partial charge < -0.3 is 24.4 Å². The van der Waals surface area contributed by atoms with Crippen molar-refractivity contribution in [3.8, 4) is 11.5 Å². The first-order chi connectivity index (χ1) is 15.3. The van der Waals surface area contributed by atoms with Crippen LogP contribution >= 0.6 is 0 Å². The SMILES string of the molecule is COc1cccc([C@H]2C(=C(O)c3cc(F)ccc3OC)C(=O)C(=O)N2CCCN(C)C)c1. The fraction of sp³-hybridized carbons (Fsp3) is 0.333. The topological polar surface area (TPSA) is 79.3 Å². The van der Waals surface area contributed by atoms with Crippen LogP contribution in [0.4, 0.5) is 4.39 Å². The van der Waals surface area contributed by atoms with Gasteiger partial charge in [-0.05, 0) is 63.0 Å². The van der Waals surface area contributed by atoms with E-state index in [4.69, 9.17) is 9.47 Å². The first kappa shape index (κ1) is 23.3. The number of ketones is 1. The molecule has 1 aliphatic heterocycles. The van der Waals surface area contributed by atoms with Crippen LogP contribution in [0.5, 0.6) is 11.5 Å². The van der Waals surface area contributed by atoms with Crippen molar-refractivity contribution >= 4 is 17.4 Å². The van der Waals surface area contributed by atoms with Crippen molar-refractivity contribution in [2.75, 3.05) is 41.4 Å². The highest BCUT2D eigenvalue weighted by Crippen LogP contribution is 2.41. The van der Waals surface area contributed by atoms with E-state index in [1.807, 2.05) is 19.0 Å². The van der Waals surface area contributed by atoms with E-state index in [2.05, 4.69) is 0 Å². The number of hydrogen-bond acceptors (Lipinski definition) is 6. The van der Waals surface area contributed by atoms with Crippen molar-refractivity contribution in [2.45, 2.75) is 12.5 Å². The molecule has 2 aromatic rings. The quantitative estimate of drug-likeness (QED) is 0.384. The van der Waals surface area contributed by atoms with Gasteiger partial charge in [0.2, 0.25) is 0 Å². The molecule has 1 saturated heterocycles. The van der Waals surface area contributed by atoms with E-state index in [0.29, 0.717) is 30.8 Å². The van der Waals surface area contributed by atoms with Crippen molar-refractivity contribution in [3.63, 3.8) is 0 Å². The van der Waals surface area contributed by atoms with Gasteiger partial charge in [0, 0.05) is 6.54 Å². The lowest BCUT2D eigenvalue weighted by Gasteiger charge is -2.26. The summed E-state index contributed by atoms with van der Waals surface area (Å²) in [4.78, 5) is 29.5. The van der Waals surface area contributed by atoms with Crippen molar-refractivity contribution < 1.29 is 28.6 Å². The van der Waals surface area contributed by atoms with Gasteiger partial charge in [0.05, 0.1) is 31.4 Å². The zero-order valence-electron chi connectivity index (χ0n) is 18.6. The number of likely N-dealkylation sites (tertiary alicyclic amines) is 1. The van der Waals surface area contributed by atoms with Gasteiger partial charge in [-0.1, -0.05) is 12.1 Å². The number of carbonyl (C=O) groups is 2. The Bertz CT molecular complexity index is 1050. The van der Waals surface area contributed by atoms with E-state index in [-0.39, 0.29) is 16.9 Å². The van der Waals surface area contributed by atoms with Crippen LogP contribution < -0.4 is 9.47 Å². The van der Waals surface area contributed by atoms with Crippen LogP contribution in [0.3, 0.4) is 0 Å². The van der Waals surface area contributed by atoms with Gasteiger partial charge >= 0.3 is 0 Å². The summed E-state index contributed by atoms with van der Waals surface area (Å²) in [7, 11) is 6.74. The van der Waals surface area contributed by atoms with Gasteiger partial charge in [-0.15, -0.1) is 0 Å². The second-order valence-corrected chi connectivity index (χ2v) is 7.77. The third-order valence-electron chi connectivity index (χ3n) is 5.37. The van der Waals surface area contributed by atoms with Gasteiger partial charge in [0.1, 0.15) is 23.1 Å². The average molecular weight is 442 g/mol. The van der Waals surface area contributed by atoms with Crippen LogP contribution in [-0.4, -0.2) is 68.0 Å². The van der Waals surface area contributed by atoms with E-state index in [0.717, 1.165) is 6.07 Å². The molecule has 0 unspecified atom stereocenters. The molecule has 0 aromatic heterocycles. The second-order valence-electron chi connectivity index (χ2n) is 7.77. The van der Waals surface area contributed by atoms with Crippen LogP contribution in [0.2, 0.25) is 0 Å². The highest BCUT2D eigenvalue weighted by Gasteiger charge is 2.46. The second kappa shape index (κ2) is 9.82. The molecule has 0 radical (unpaired) electrons. The number of halogens is 1. The Balaban J connectivity index is 2.17. The number of carbonyl (C=O) groups excluding carboxylic acids is 2. The maximum atomic E-state index is 14.0. The number of aliphatic hydroxyl groups excluding tert-OH is 1. The lowest BCUT2D eigenvalue weighted by molar-refractivity contribution is -0.139. The Morgan fingerprint density at radius 2 is 1.88 bits per heavy atom. The third kappa shape index (κ3) is 4.60. The molecule has 0 aliphatic carbocycles. The summed E-state index contributed by atoms with van der Waals surface area (Å²) in [6.07, 6.45) is 0.629. The minimum atomic E-state index is -0.847. The number of rotatable bonds is 8. The van der Waals surface area contributed by atoms with Crippen molar-refractivity contribution in [1.29, 1.82) is 0 Å². The van der Waals surface area contributed by atoms with E-state index in [1.165, 1.54) is 31.3 Å². The Kier molecular flexibility index (Phi) is 7.15. The molecule has 1 fully saturated rings. The zero-order valence-corrected chi connectivity index (χ0v) is 18.6. The number of benzene rings is 2. The molecule has 32 heavy (non-hydrogen) atoms. The molecule has 1 aliphatic rings. The lowest BCUT2D eigenvalue weighted by atomic mass is 9.94. The smallest absolute Gasteiger partial charge is 0.295 e. The molecule has 0 bridgehead atoms. The number of aliphatic hydroxyl groups is 1. The molecule has 8 heteroatoms. The first-order valence-electron chi connectivity index (χ1n) is 10.2. The molecule has 2 aromatic carbocycles. The first-order valence-corrected chi connectivity index (χ1v) is 10.2. The standard InChI is InChI=1S/C24H27FN2O5/c1-26(2)11-6-12-27-21(15-7-5-8-17(13-15)31-3)20(23(29)24(27)30)22(28)18-14-16(25)9-10-19(18)32-4/h5,7-10,13-14,21,28H,6,11-12H2,1-4H3/t21-/m0/s1. The van der Waals surface area contributed by atoms with Crippen molar-refractivity contribution in [1.82, 2.24) is 9.80 Å². The summed E-state index contributed by atoms with van der Waals surface area (Å²) in [6.45, 7) is 1.02. The Labute approximate surface area is 186 Å². The minimum absolute atomic E-state index is 0.00619.